The van der Waals surface area contributed by atoms with Crippen LogP contribution < -0.4 is 4.90 Å². The number of hydrogen-bond acceptors (Lipinski definition) is 6. The van der Waals surface area contributed by atoms with Crippen molar-refractivity contribution in [1.82, 2.24) is 24.6 Å². The summed E-state index contributed by atoms with van der Waals surface area (Å²) in [5.41, 5.74) is 1.57. The van der Waals surface area contributed by atoms with Gasteiger partial charge in [0.2, 0.25) is 0 Å². The summed E-state index contributed by atoms with van der Waals surface area (Å²) in [6.45, 7) is 5.10. The van der Waals surface area contributed by atoms with E-state index >= 15 is 0 Å². The lowest BCUT2D eigenvalue weighted by Crippen LogP contribution is -2.49. The Morgan fingerprint density at radius 1 is 1.21 bits per heavy atom. The Kier molecular flexibility index (Phi) is 5.80. The highest BCUT2D eigenvalue weighted by atomic mass is 35.5. The first kappa shape index (κ1) is 19.4. The third kappa shape index (κ3) is 4.12. The van der Waals surface area contributed by atoms with Gasteiger partial charge in [0.1, 0.15) is 12.1 Å². The second-order valence-electron chi connectivity index (χ2n) is 6.91. The number of halogens is 1. The maximum Gasteiger partial charge on any atom is 0.409 e. The molecule has 1 amide bonds. The van der Waals surface area contributed by atoms with Crippen molar-refractivity contribution in [2.45, 2.75) is 19.8 Å². The van der Waals surface area contributed by atoms with E-state index in [1.807, 2.05) is 24.3 Å². The van der Waals surface area contributed by atoms with Crippen LogP contribution in [0.15, 0.2) is 36.8 Å². The molecule has 1 aliphatic rings. The predicted octanol–water partition coefficient (Wildman–Crippen LogP) is 3.53. The molecule has 0 radical (unpaired) electrons. The third-order valence-corrected chi connectivity index (χ3v) is 5.19. The Morgan fingerprint density at radius 2 is 2.03 bits per heavy atom. The van der Waals surface area contributed by atoms with Crippen LogP contribution in [0.3, 0.4) is 0 Å². The molecule has 152 valence electrons. The summed E-state index contributed by atoms with van der Waals surface area (Å²) in [6.07, 6.45) is 4.98. The van der Waals surface area contributed by atoms with Crippen LogP contribution in [-0.4, -0.2) is 63.5 Å². The lowest BCUT2D eigenvalue weighted by molar-refractivity contribution is 0.0989. The van der Waals surface area contributed by atoms with E-state index in [1.165, 1.54) is 0 Å². The zero-order valence-corrected chi connectivity index (χ0v) is 17.0. The Labute approximate surface area is 174 Å². The molecule has 9 heteroatoms. The number of aromatic nitrogens is 4. The van der Waals surface area contributed by atoms with Gasteiger partial charge in [0.05, 0.1) is 23.9 Å². The summed E-state index contributed by atoms with van der Waals surface area (Å²) >= 11 is 6.12. The van der Waals surface area contributed by atoms with Crippen LogP contribution in [-0.2, 0) is 4.74 Å². The molecule has 0 aliphatic carbocycles. The van der Waals surface area contributed by atoms with Crippen LogP contribution in [0.5, 0.6) is 0 Å². The molecule has 8 nitrogen and oxygen atoms in total. The van der Waals surface area contributed by atoms with Gasteiger partial charge in [-0.05, 0) is 24.6 Å². The van der Waals surface area contributed by atoms with Gasteiger partial charge in [0, 0.05) is 31.2 Å². The number of anilines is 1. The van der Waals surface area contributed by atoms with Crippen LogP contribution >= 0.6 is 11.6 Å². The van der Waals surface area contributed by atoms with E-state index in [-0.39, 0.29) is 6.09 Å². The number of hydrogen-bond donors (Lipinski definition) is 0. The number of fused-ring (bicyclic) bond motifs is 1. The van der Waals surface area contributed by atoms with E-state index in [4.69, 9.17) is 16.3 Å². The zero-order chi connectivity index (χ0) is 20.2. The average molecular weight is 415 g/mol. The van der Waals surface area contributed by atoms with Crippen molar-refractivity contribution in [2.24, 2.45) is 0 Å². The predicted molar refractivity (Wildman–Crippen MR) is 112 cm³/mol. The van der Waals surface area contributed by atoms with Crippen LogP contribution in [0.4, 0.5) is 10.6 Å². The van der Waals surface area contributed by atoms with Gasteiger partial charge in [0.25, 0.3) is 0 Å². The van der Waals surface area contributed by atoms with E-state index in [9.17, 15) is 4.79 Å². The molecule has 1 aromatic carbocycles. The summed E-state index contributed by atoms with van der Waals surface area (Å²) in [7, 11) is 0. The molecule has 0 bridgehead atoms. The van der Waals surface area contributed by atoms with Gasteiger partial charge in [0.15, 0.2) is 5.65 Å². The number of unbranched alkanes of at least 4 members (excludes halogenated alkanes) is 1. The van der Waals surface area contributed by atoms with Crippen LogP contribution in [0.1, 0.15) is 19.8 Å². The van der Waals surface area contributed by atoms with Crippen LogP contribution in [0.2, 0.25) is 5.02 Å². The standard InChI is InChI=1S/C20H23ClN6O2/c1-2-3-11-29-20(28)26-9-7-25(8-10-26)18-17-13-24-27(19(17)23-14-22-18)16-6-4-5-15(21)12-16/h4-6,12-14H,2-3,7-11H2,1H3. The van der Waals surface area contributed by atoms with Crippen molar-refractivity contribution < 1.29 is 9.53 Å². The topological polar surface area (TPSA) is 76.4 Å². The van der Waals surface area contributed by atoms with E-state index in [0.29, 0.717) is 37.8 Å². The SMILES string of the molecule is CCCCOC(=O)N1CCN(c2ncnc3c2cnn3-c2cccc(Cl)c2)CC1. The van der Waals surface area contributed by atoms with Crippen LogP contribution in [0.25, 0.3) is 16.7 Å². The lowest BCUT2D eigenvalue weighted by Gasteiger charge is -2.34. The quantitative estimate of drug-likeness (QED) is 0.594. The highest BCUT2D eigenvalue weighted by Crippen LogP contribution is 2.26. The summed E-state index contributed by atoms with van der Waals surface area (Å²) in [5.74, 6) is 0.822. The van der Waals surface area contributed by atoms with Gasteiger partial charge in [-0.15, -0.1) is 0 Å². The number of carbonyl (C=O) groups excluding carboxylic acids is 1. The maximum absolute atomic E-state index is 12.2. The van der Waals surface area contributed by atoms with E-state index in [1.54, 1.807) is 22.1 Å². The summed E-state index contributed by atoms with van der Waals surface area (Å²) < 4.78 is 7.07. The fourth-order valence-corrected chi connectivity index (χ4v) is 3.56. The minimum Gasteiger partial charge on any atom is -0.449 e. The second-order valence-corrected chi connectivity index (χ2v) is 7.35. The zero-order valence-electron chi connectivity index (χ0n) is 16.3. The number of ether oxygens (including phenoxy) is 1. The molecule has 4 rings (SSSR count). The number of rotatable bonds is 5. The Balaban J connectivity index is 1.50. The molecule has 3 heterocycles. The molecule has 3 aromatic rings. The minimum atomic E-state index is -0.236. The highest BCUT2D eigenvalue weighted by molar-refractivity contribution is 6.30. The molecule has 1 aliphatic heterocycles. The van der Waals surface area contributed by atoms with Crippen molar-refractivity contribution >= 4 is 34.5 Å². The number of amides is 1. The average Bonchev–Trinajstić information content (AvgIpc) is 3.18. The van der Waals surface area contributed by atoms with Crippen LogP contribution in [0, 0.1) is 0 Å². The number of nitrogens with zero attached hydrogens (tertiary/aromatic N) is 6. The molecular weight excluding hydrogens is 392 g/mol. The molecule has 0 N–H and O–H groups in total. The number of piperazine rings is 1. The largest absolute Gasteiger partial charge is 0.449 e. The summed E-state index contributed by atoms with van der Waals surface area (Å²) in [5, 5.41) is 6.00. The molecule has 1 fully saturated rings. The summed E-state index contributed by atoms with van der Waals surface area (Å²) in [4.78, 5) is 25.0. The molecule has 0 atom stereocenters. The first-order valence-electron chi connectivity index (χ1n) is 9.78. The fraction of sp³-hybridized carbons (Fsp3) is 0.400. The third-order valence-electron chi connectivity index (χ3n) is 4.96. The van der Waals surface area contributed by atoms with Crippen molar-refractivity contribution in [3.05, 3.63) is 41.8 Å². The van der Waals surface area contributed by atoms with E-state index in [2.05, 4.69) is 26.9 Å². The van der Waals surface area contributed by atoms with E-state index in [0.717, 1.165) is 35.4 Å². The molecule has 2 aromatic heterocycles. The molecule has 29 heavy (non-hydrogen) atoms. The number of carbonyl (C=O) groups is 1. The second kappa shape index (κ2) is 8.65. The van der Waals surface area contributed by atoms with Crippen molar-refractivity contribution in [1.29, 1.82) is 0 Å². The van der Waals surface area contributed by atoms with Gasteiger partial charge in [-0.1, -0.05) is 31.0 Å². The van der Waals surface area contributed by atoms with Gasteiger partial charge >= 0.3 is 6.09 Å². The maximum atomic E-state index is 12.2. The van der Waals surface area contributed by atoms with Gasteiger partial charge in [-0.25, -0.2) is 19.4 Å². The molecule has 1 saturated heterocycles. The molecule has 0 spiro atoms. The fourth-order valence-electron chi connectivity index (χ4n) is 3.38. The normalized spacial score (nSPS) is 14.4. The molecular formula is C20H23ClN6O2. The Morgan fingerprint density at radius 3 is 2.79 bits per heavy atom. The van der Waals surface area contributed by atoms with Gasteiger partial charge in [-0.3, -0.25) is 0 Å². The molecule has 0 saturated carbocycles. The smallest absolute Gasteiger partial charge is 0.409 e. The highest BCUT2D eigenvalue weighted by Gasteiger charge is 2.25. The minimum absolute atomic E-state index is 0.236. The first-order valence-corrected chi connectivity index (χ1v) is 10.2. The first-order chi connectivity index (χ1) is 14.2. The van der Waals surface area contributed by atoms with Crippen molar-refractivity contribution in [3.8, 4) is 5.69 Å². The van der Waals surface area contributed by atoms with Crippen molar-refractivity contribution in [2.75, 3.05) is 37.7 Å². The Hall–Kier alpha value is -2.87. The molecule has 0 unspecified atom stereocenters. The van der Waals surface area contributed by atoms with Gasteiger partial charge in [-0.2, -0.15) is 5.10 Å². The number of benzene rings is 1. The van der Waals surface area contributed by atoms with E-state index < -0.39 is 0 Å². The van der Waals surface area contributed by atoms with Gasteiger partial charge < -0.3 is 14.5 Å². The monoisotopic (exact) mass is 414 g/mol. The lowest BCUT2D eigenvalue weighted by atomic mass is 10.3. The van der Waals surface area contributed by atoms with Crippen molar-refractivity contribution in [3.63, 3.8) is 0 Å². The summed E-state index contributed by atoms with van der Waals surface area (Å²) in [6, 6.07) is 7.48. The Bertz CT molecular complexity index is 1000.